The van der Waals surface area contributed by atoms with Crippen LogP contribution in [0.25, 0.3) is 0 Å². The van der Waals surface area contributed by atoms with Crippen molar-refractivity contribution in [2.75, 3.05) is 11.6 Å². The lowest BCUT2D eigenvalue weighted by Crippen LogP contribution is -2.15. The van der Waals surface area contributed by atoms with E-state index in [-0.39, 0.29) is 6.04 Å². The summed E-state index contributed by atoms with van der Waals surface area (Å²) in [4.78, 5) is 7.03. The summed E-state index contributed by atoms with van der Waals surface area (Å²) in [5.41, 5.74) is 1.11. The number of hydrogen-bond donors (Lipinski definition) is 1. The summed E-state index contributed by atoms with van der Waals surface area (Å²) in [6, 6.07) is 12.8. The standard InChI is InChI=1S/C16H17N3S2/c1-19-9-8-17-16(19)15(14-7-4-10-21-14)18-12-5-3-6-13(11-12)20-2/h3-11,15,18H,1-2H3. The molecular weight excluding hydrogens is 298 g/mol. The van der Waals surface area contributed by atoms with Crippen molar-refractivity contribution in [3.05, 3.63) is 64.9 Å². The first-order chi connectivity index (χ1) is 10.3. The smallest absolute Gasteiger partial charge is 0.136 e. The van der Waals surface area contributed by atoms with E-state index in [4.69, 9.17) is 0 Å². The lowest BCUT2D eigenvalue weighted by Gasteiger charge is -2.19. The van der Waals surface area contributed by atoms with Crippen LogP contribution in [0.4, 0.5) is 5.69 Å². The molecule has 3 aromatic rings. The third kappa shape index (κ3) is 3.14. The van der Waals surface area contributed by atoms with Crippen molar-refractivity contribution < 1.29 is 0 Å². The molecule has 1 unspecified atom stereocenters. The molecule has 5 heteroatoms. The van der Waals surface area contributed by atoms with Gasteiger partial charge in [-0.05, 0) is 35.9 Å². The molecule has 2 heterocycles. The van der Waals surface area contributed by atoms with Gasteiger partial charge in [-0.25, -0.2) is 4.98 Å². The highest BCUT2D eigenvalue weighted by Gasteiger charge is 2.19. The fourth-order valence-corrected chi connectivity index (χ4v) is 3.48. The molecule has 1 atom stereocenters. The minimum atomic E-state index is 0.0714. The van der Waals surface area contributed by atoms with Crippen LogP contribution in [-0.4, -0.2) is 15.8 Å². The van der Waals surface area contributed by atoms with Crippen LogP contribution >= 0.6 is 23.1 Å². The Hall–Kier alpha value is -1.72. The molecular formula is C16H17N3S2. The first kappa shape index (κ1) is 14.2. The second-order valence-corrected chi connectivity index (χ2v) is 6.58. The van der Waals surface area contributed by atoms with Gasteiger partial charge in [0.25, 0.3) is 0 Å². The molecule has 0 saturated carbocycles. The molecule has 1 N–H and O–H groups in total. The van der Waals surface area contributed by atoms with Gasteiger partial charge in [-0.2, -0.15) is 0 Å². The number of nitrogens with one attached hydrogen (secondary N) is 1. The van der Waals surface area contributed by atoms with Crippen LogP contribution in [0, 0.1) is 0 Å². The summed E-state index contributed by atoms with van der Waals surface area (Å²) in [5.74, 6) is 1.02. The maximum atomic E-state index is 4.51. The van der Waals surface area contributed by atoms with Gasteiger partial charge in [0, 0.05) is 34.9 Å². The first-order valence-corrected chi connectivity index (χ1v) is 8.79. The van der Waals surface area contributed by atoms with Crippen molar-refractivity contribution in [3.8, 4) is 0 Å². The van der Waals surface area contributed by atoms with Crippen LogP contribution in [0.5, 0.6) is 0 Å². The number of imidazole rings is 1. The fraction of sp³-hybridized carbons (Fsp3) is 0.188. The minimum Gasteiger partial charge on any atom is -0.371 e. The van der Waals surface area contributed by atoms with E-state index in [9.17, 15) is 0 Å². The van der Waals surface area contributed by atoms with E-state index < -0.39 is 0 Å². The minimum absolute atomic E-state index is 0.0714. The highest BCUT2D eigenvalue weighted by atomic mass is 32.2. The van der Waals surface area contributed by atoms with Crippen LogP contribution in [0.1, 0.15) is 16.7 Å². The zero-order chi connectivity index (χ0) is 14.7. The maximum Gasteiger partial charge on any atom is 0.136 e. The molecule has 1 aromatic carbocycles. The quantitative estimate of drug-likeness (QED) is 0.708. The van der Waals surface area contributed by atoms with Crippen LogP contribution in [0.15, 0.2) is 59.1 Å². The first-order valence-electron chi connectivity index (χ1n) is 6.69. The molecule has 0 aliphatic heterocycles. The van der Waals surface area contributed by atoms with Crippen molar-refractivity contribution in [1.29, 1.82) is 0 Å². The van der Waals surface area contributed by atoms with E-state index in [1.807, 2.05) is 19.4 Å². The number of thiophene rings is 1. The van der Waals surface area contributed by atoms with Crippen LogP contribution in [-0.2, 0) is 7.05 Å². The highest BCUT2D eigenvalue weighted by molar-refractivity contribution is 7.98. The average Bonchev–Trinajstić information content (AvgIpc) is 3.17. The van der Waals surface area contributed by atoms with Crippen molar-refractivity contribution in [2.24, 2.45) is 7.05 Å². The van der Waals surface area contributed by atoms with Gasteiger partial charge in [-0.1, -0.05) is 12.1 Å². The monoisotopic (exact) mass is 315 g/mol. The molecule has 0 radical (unpaired) electrons. The Morgan fingerprint density at radius 1 is 1.29 bits per heavy atom. The Kier molecular flexibility index (Phi) is 4.31. The zero-order valence-electron chi connectivity index (χ0n) is 12.0. The summed E-state index contributed by atoms with van der Waals surface area (Å²) >= 11 is 3.50. The molecule has 0 bridgehead atoms. The van der Waals surface area contributed by atoms with Gasteiger partial charge in [0.05, 0.1) is 0 Å². The Morgan fingerprint density at radius 3 is 2.86 bits per heavy atom. The number of aromatic nitrogens is 2. The molecule has 0 aliphatic rings. The van der Waals surface area contributed by atoms with Gasteiger partial charge in [0.15, 0.2) is 0 Å². The van der Waals surface area contributed by atoms with Crippen molar-refractivity contribution in [3.63, 3.8) is 0 Å². The van der Waals surface area contributed by atoms with Gasteiger partial charge in [0.2, 0.25) is 0 Å². The molecule has 0 spiro atoms. The highest BCUT2D eigenvalue weighted by Crippen LogP contribution is 2.29. The van der Waals surface area contributed by atoms with Crippen LogP contribution < -0.4 is 5.32 Å². The molecule has 108 valence electrons. The fourth-order valence-electron chi connectivity index (χ4n) is 2.25. The van der Waals surface area contributed by atoms with Crippen LogP contribution in [0.3, 0.4) is 0 Å². The van der Waals surface area contributed by atoms with Gasteiger partial charge < -0.3 is 9.88 Å². The van der Waals surface area contributed by atoms with E-state index >= 15 is 0 Å². The molecule has 0 fully saturated rings. The predicted molar refractivity (Wildman–Crippen MR) is 91.2 cm³/mol. The predicted octanol–water partition coefficient (Wildman–Crippen LogP) is 4.41. The van der Waals surface area contributed by atoms with E-state index in [2.05, 4.69) is 62.9 Å². The summed E-state index contributed by atoms with van der Waals surface area (Å²) in [7, 11) is 2.03. The zero-order valence-corrected chi connectivity index (χ0v) is 13.6. The number of anilines is 1. The molecule has 0 aliphatic carbocycles. The number of nitrogens with zero attached hydrogens (tertiary/aromatic N) is 2. The lowest BCUT2D eigenvalue weighted by molar-refractivity contribution is 0.756. The van der Waals surface area contributed by atoms with E-state index in [1.165, 1.54) is 9.77 Å². The Balaban J connectivity index is 1.95. The summed E-state index contributed by atoms with van der Waals surface area (Å²) in [6.07, 6.45) is 5.92. The lowest BCUT2D eigenvalue weighted by atomic mass is 10.2. The molecule has 3 nitrogen and oxygen atoms in total. The Morgan fingerprint density at radius 2 is 2.19 bits per heavy atom. The van der Waals surface area contributed by atoms with Gasteiger partial charge in [0.1, 0.15) is 11.9 Å². The molecule has 2 aromatic heterocycles. The Labute approximate surface area is 133 Å². The normalized spacial score (nSPS) is 12.3. The van der Waals surface area contributed by atoms with Gasteiger partial charge in [-0.3, -0.25) is 0 Å². The average molecular weight is 315 g/mol. The molecule has 0 saturated heterocycles. The number of aryl methyl sites for hydroxylation is 1. The number of rotatable bonds is 5. The van der Waals surface area contributed by atoms with Crippen molar-refractivity contribution >= 4 is 28.8 Å². The van der Waals surface area contributed by atoms with Gasteiger partial charge >= 0.3 is 0 Å². The Bertz CT molecular complexity index is 704. The van der Waals surface area contributed by atoms with Gasteiger partial charge in [-0.15, -0.1) is 23.1 Å². The summed E-state index contributed by atoms with van der Waals surface area (Å²) in [6.45, 7) is 0. The number of benzene rings is 1. The van der Waals surface area contributed by atoms with Crippen LogP contribution in [0.2, 0.25) is 0 Å². The topological polar surface area (TPSA) is 29.9 Å². The number of thioether (sulfide) groups is 1. The van der Waals surface area contributed by atoms with Crippen molar-refractivity contribution in [2.45, 2.75) is 10.9 Å². The number of hydrogen-bond acceptors (Lipinski definition) is 4. The SMILES string of the molecule is CSc1cccc(NC(c2cccs2)c2nccn2C)c1. The molecule has 3 rings (SSSR count). The third-order valence-corrected chi connectivity index (χ3v) is 4.99. The van der Waals surface area contributed by atoms with E-state index in [0.29, 0.717) is 0 Å². The summed E-state index contributed by atoms with van der Waals surface area (Å²) < 4.78 is 2.07. The van der Waals surface area contributed by atoms with E-state index in [1.54, 1.807) is 23.1 Å². The third-order valence-electron chi connectivity index (χ3n) is 3.33. The maximum absolute atomic E-state index is 4.51. The molecule has 21 heavy (non-hydrogen) atoms. The largest absolute Gasteiger partial charge is 0.371 e. The summed E-state index contributed by atoms with van der Waals surface area (Å²) in [5, 5.41) is 5.72. The van der Waals surface area contributed by atoms with E-state index in [0.717, 1.165) is 11.5 Å². The molecule has 0 amide bonds. The van der Waals surface area contributed by atoms with Crippen molar-refractivity contribution in [1.82, 2.24) is 9.55 Å². The second-order valence-electron chi connectivity index (χ2n) is 4.72. The second kappa shape index (κ2) is 6.37.